The maximum atomic E-state index is 13.3. The van der Waals surface area contributed by atoms with Crippen LogP contribution in [0.3, 0.4) is 0 Å². The Morgan fingerprint density at radius 2 is 1.31 bits per heavy atom. The highest BCUT2D eigenvalue weighted by Gasteiger charge is 2.29. The van der Waals surface area contributed by atoms with Gasteiger partial charge in [0.15, 0.2) is 0 Å². The van der Waals surface area contributed by atoms with E-state index in [1.807, 2.05) is 81.4 Å². The van der Waals surface area contributed by atoms with Gasteiger partial charge in [-0.15, -0.1) is 0 Å². The first kappa shape index (κ1) is 27.9. The van der Waals surface area contributed by atoms with Crippen molar-refractivity contribution in [3.8, 4) is 0 Å². The molecule has 0 aliphatic carbocycles. The van der Waals surface area contributed by atoms with E-state index >= 15 is 0 Å². The highest BCUT2D eigenvalue weighted by Crippen LogP contribution is 2.14. The number of nitrogens with one attached hydrogen (secondary N) is 3. The largest absolute Gasteiger partial charge is 0.444 e. The Morgan fingerprint density at radius 1 is 0.771 bits per heavy atom. The minimum absolute atomic E-state index is 0.139. The molecule has 0 saturated carbocycles. The van der Waals surface area contributed by atoms with Gasteiger partial charge in [0.2, 0.25) is 11.8 Å². The number of carbonyl (C=O) groups excluding carboxylic acids is 3. The Labute approximate surface area is 209 Å². The molecule has 0 aliphatic heterocycles. The van der Waals surface area contributed by atoms with Crippen LogP contribution in [0.5, 0.6) is 0 Å². The molecular weight excluding hydrogens is 442 g/mol. The maximum absolute atomic E-state index is 13.3. The van der Waals surface area contributed by atoms with E-state index in [0.29, 0.717) is 12.8 Å². The zero-order chi connectivity index (χ0) is 26.0. The van der Waals surface area contributed by atoms with Gasteiger partial charge in [-0.1, -0.05) is 74.5 Å². The SMILES string of the molecule is CC(C)C[C@@H](NC(=O)OC(C)(C)C)C(=O)N[C@@H](Cc1ccccc1)C(=O)N[C@@H](C)c1ccccc1. The number of carbonyl (C=O) groups is 3. The molecule has 190 valence electrons. The van der Waals surface area contributed by atoms with Crippen LogP contribution in [-0.4, -0.2) is 35.6 Å². The summed E-state index contributed by atoms with van der Waals surface area (Å²) >= 11 is 0. The van der Waals surface area contributed by atoms with Gasteiger partial charge >= 0.3 is 6.09 Å². The Kier molecular flexibility index (Phi) is 10.3. The predicted molar refractivity (Wildman–Crippen MR) is 138 cm³/mol. The van der Waals surface area contributed by atoms with Crippen molar-refractivity contribution in [3.63, 3.8) is 0 Å². The number of benzene rings is 2. The number of rotatable bonds is 10. The van der Waals surface area contributed by atoms with Crippen molar-refractivity contribution in [2.45, 2.75) is 78.1 Å². The quantitative estimate of drug-likeness (QED) is 0.464. The summed E-state index contributed by atoms with van der Waals surface area (Å²) in [4.78, 5) is 38.9. The average molecular weight is 482 g/mol. The monoisotopic (exact) mass is 481 g/mol. The lowest BCUT2D eigenvalue weighted by Crippen LogP contribution is -2.55. The highest BCUT2D eigenvalue weighted by atomic mass is 16.6. The third kappa shape index (κ3) is 10.2. The molecule has 0 aliphatic rings. The standard InChI is InChI=1S/C28H39N3O4/c1-19(2)17-23(31-27(34)35-28(4,5)6)26(33)30-24(18-21-13-9-7-10-14-21)25(32)29-20(3)22-15-11-8-12-16-22/h7-16,19-20,23-24H,17-18H2,1-6H3,(H,29,32)(H,30,33)(H,31,34)/t20-,23+,24-/m0/s1. The number of amides is 3. The summed E-state index contributed by atoms with van der Waals surface area (Å²) < 4.78 is 5.34. The van der Waals surface area contributed by atoms with Crippen molar-refractivity contribution in [1.29, 1.82) is 0 Å². The van der Waals surface area contributed by atoms with Crippen LogP contribution >= 0.6 is 0 Å². The van der Waals surface area contributed by atoms with Crippen LogP contribution in [0.25, 0.3) is 0 Å². The van der Waals surface area contributed by atoms with Crippen molar-refractivity contribution in [2.24, 2.45) is 5.92 Å². The van der Waals surface area contributed by atoms with Gasteiger partial charge in [0.25, 0.3) is 0 Å². The van der Waals surface area contributed by atoms with Crippen molar-refractivity contribution in [1.82, 2.24) is 16.0 Å². The summed E-state index contributed by atoms with van der Waals surface area (Å²) in [5.74, 6) is -0.577. The summed E-state index contributed by atoms with van der Waals surface area (Å²) in [5, 5.41) is 8.56. The molecule has 0 fully saturated rings. The molecule has 3 amide bonds. The van der Waals surface area contributed by atoms with Crippen LogP contribution < -0.4 is 16.0 Å². The van der Waals surface area contributed by atoms with Crippen molar-refractivity contribution >= 4 is 17.9 Å². The van der Waals surface area contributed by atoms with Crippen molar-refractivity contribution in [3.05, 3.63) is 71.8 Å². The van der Waals surface area contributed by atoms with E-state index in [4.69, 9.17) is 4.74 Å². The summed E-state index contributed by atoms with van der Waals surface area (Å²) in [6, 6.07) is 17.3. The van der Waals surface area contributed by atoms with E-state index < -0.39 is 29.7 Å². The second kappa shape index (κ2) is 12.9. The molecule has 2 aromatic rings. The van der Waals surface area contributed by atoms with E-state index in [9.17, 15) is 14.4 Å². The molecule has 0 spiro atoms. The molecule has 0 aromatic heterocycles. The number of alkyl carbamates (subject to hydrolysis) is 1. The molecular formula is C28H39N3O4. The van der Waals surface area contributed by atoms with Crippen molar-refractivity contribution < 1.29 is 19.1 Å². The topological polar surface area (TPSA) is 96.5 Å². The lowest BCUT2D eigenvalue weighted by molar-refractivity contribution is -0.130. The van der Waals surface area contributed by atoms with Gasteiger partial charge in [-0.2, -0.15) is 0 Å². The number of ether oxygens (including phenoxy) is 1. The minimum atomic E-state index is -0.831. The third-order valence-electron chi connectivity index (χ3n) is 5.29. The fourth-order valence-corrected chi connectivity index (χ4v) is 3.62. The van der Waals surface area contributed by atoms with Crippen LogP contribution in [0.15, 0.2) is 60.7 Å². The molecule has 7 heteroatoms. The first-order valence-corrected chi connectivity index (χ1v) is 12.1. The zero-order valence-corrected chi connectivity index (χ0v) is 21.6. The summed E-state index contributed by atoms with van der Waals surface area (Å²) in [5.41, 5.74) is 1.20. The van der Waals surface area contributed by atoms with E-state index in [1.54, 1.807) is 20.8 Å². The number of hydrogen-bond donors (Lipinski definition) is 3. The fourth-order valence-electron chi connectivity index (χ4n) is 3.62. The fraction of sp³-hybridized carbons (Fsp3) is 0.464. The van der Waals surface area contributed by atoms with Crippen LogP contribution in [0.1, 0.15) is 65.1 Å². The molecule has 2 rings (SSSR count). The first-order chi connectivity index (χ1) is 16.4. The molecule has 0 unspecified atom stereocenters. The van der Waals surface area contributed by atoms with Gasteiger partial charge in [-0.25, -0.2) is 4.79 Å². The van der Waals surface area contributed by atoms with E-state index in [1.165, 1.54) is 0 Å². The third-order valence-corrected chi connectivity index (χ3v) is 5.29. The van der Waals surface area contributed by atoms with Gasteiger partial charge in [-0.05, 0) is 51.2 Å². The minimum Gasteiger partial charge on any atom is -0.444 e. The Morgan fingerprint density at radius 3 is 1.86 bits per heavy atom. The Hall–Kier alpha value is -3.35. The van der Waals surface area contributed by atoms with Crippen LogP contribution in [0.2, 0.25) is 0 Å². The van der Waals surface area contributed by atoms with E-state index in [0.717, 1.165) is 11.1 Å². The normalized spacial score (nSPS) is 13.9. The van der Waals surface area contributed by atoms with Gasteiger partial charge in [0.05, 0.1) is 6.04 Å². The lowest BCUT2D eigenvalue weighted by Gasteiger charge is -2.27. The molecule has 0 radical (unpaired) electrons. The highest BCUT2D eigenvalue weighted by molar-refractivity contribution is 5.91. The van der Waals surface area contributed by atoms with Crippen LogP contribution in [0, 0.1) is 5.92 Å². The smallest absolute Gasteiger partial charge is 0.408 e. The second-order valence-electron chi connectivity index (χ2n) is 10.2. The van der Waals surface area contributed by atoms with Gasteiger partial charge in [0, 0.05) is 6.42 Å². The summed E-state index contributed by atoms with van der Waals surface area (Å²) in [7, 11) is 0. The predicted octanol–water partition coefficient (Wildman–Crippen LogP) is 4.53. The van der Waals surface area contributed by atoms with E-state index in [-0.39, 0.29) is 17.9 Å². The average Bonchev–Trinajstić information content (AvgIpc) is 2.77. The van der Waals surface area contributed by atoms with Gasteiger partial charge in [-0.3, -0.25) is 9.59 Å². The molecule has 7 nitrogen and oxygen atoms in total. The summed E-state index contributed by atoms with van der Waals surface area (Å²) in [6.07, 6.45) is 0.0615. The Balaban J connectivity index is 2.19. The van der Waals surface area contributed by atoms with Crippen LogP contribution in [0.4, 0.5) is 4.79 Å². The summed E-state index contributed by atoms with van der Waals surface area (Å²) in [6.45, 7) is 11.1. The van der Waals surface area contributed by atoms with Gasteiger partial charge in [0.1, 0.15) is 17.7 Å². The Bertz CT molecular complexity index is 955. The maximum Gasteiger partial charge on any atom is 0.408 e. The molecule has 0 heterocycles. The van der Waals surface area contributed by atoms with E-state index in [2.05, 4.69) is 16.0 Å². The van der Waals surface area contributed by atoms with Gasteiger partial charge < -0.3 is 20.7 Å². The molecule has 3 N–H and O–H groups in total. The molecule has 0 bridgehead atoms. The second-order valence-corrected chi connectivity index (χ2v) is 10.2. The zero-order valence-electron chi connectivity index (χ0n) is 21.6. The first-order valence-electron chi connectivity index (χ1n) is 12.1. The van der Waals surface area contributed by atoms with Crippen molar-refractivity contribution in [2.75, 3.05) is 0 Å². The molecule has 35 heavy (non-hydrogen) atoms. The molecule has 0 saturated heterocycles. The lowest BCUT2D eigenvalue weighted by atomic mass is 10.0. The molecule has 3 atom stereocenters. The number of hydrogen-bond acceptors (Lipinski definition) is 4. The molecule has 2 aromatic carbocycles. The van der Waals surface area contributed by atoms with Crippen LogP contribution in [-0.2, 0) is 20.7 Å².